The second-order valence-electron chi connectivity index (χ2n) is 8.32. The van der Waals surface area contributed by atoms with Crippen LogP contribution in [0.5, 0.6) is 5.75 Å². The topological polar surface area (TPSA) is 73.6 Å². The van der Waals surface area contributed by atoms with Crippen molar-refractivity contribution in [2.45, 2.75) is 62.6 Å². The van der Waals surface area contributed by atoms with Gasteiger partial charge in [-0.05, 0) is 80.3 Å². The van der Waals surface area contributed by atoms with Gasteiger partial charge in [-0.2, -0.15) is 0 Å². The number of pyridine rings is 1. The van der Waals surface area contributed by atoms with Crippen LogP contribution in [-0.4, -0.2) is 25.9 Å². The number of nitrogens with zero attached hydrogens (tertiary/aromatic N) is 1. The zero-order chi connectivity index (χ0) is 18.6. The van der Waals surface area contributed by atoms with Gasteiger partial charge in [-0.25, -0.2) is 0 Å². The molecule has 1 heterocycles. The quantitative estimate of drug-likeness (QED) is 0.773. The van der Waals surface area contributed by atoms with Gasteiger partial charge in [0.2, 0.25) is 0 Å². The number of aliphatic hydroxyl groups is 2. The molecule has 1 aromatic carbocycles. The monoisotopic (exact) mass is 353 g/mol. The van der Waals surface area contributed by atoms with Crippen molar-refractivity contribution < 1.29 is 15.3 Å². The predicted octanol–water partition coefficient (Wildman–Crippen LogP) is 3.43. The van der Waals surface area contributed by atoms with E-state index in [9.17, 15) is 15.3 Å². The van der Waals surface area contributed by atoms with Crippen LogP contribution < -0.4 is 0 Å². The summed E-state index contributed by atoms with van der Waals surface area (Å²) in [6.07, 6.45) is 5.36. The molecule has 3 N–H and O–H groups in total. The Morgan fingerprint density at radius 1 is 1.19 bits per heavy atom. The summed E-state index contributed by atoms with van der Waals surface area (Å²) in [5, 5.41) is 32.9. The van der Waals surface area contributed by atoms with Crippen molar-refractivity contribution in [2.75, 3.05) is 0 Å². The summed E-state index contributed by atoms with van der Waals surface area (Å²) in [6.45, 7) is 3.90. The van der Waals surface area contributed by atoms with Crippen LogP contribution in [0.4, 0.5) is 0 Å². The highest BCUT2D eigenvalue weighted by Gasteiger charge is 2.61. The second kappa shape index (κ2) is 5.80. The molecule has 2 aromatic rings. The van der Waals surface area contributed by atoms with Gasteiger partial charge in [0.1, 0.15) is 11.4 Å². The number of aromatic nitrogens is 1. The molecule has 3 unspecified atom stereocenters. The third-order valence-electron chi connectivity index (χ3n) is 6.98. The van der Waals surface area contributed by atoms with E-state index in [2.05, 4.69) is 11.9 Å². The molecule has 138 valence electrons. The van der Waals surface area contributed by atoms with Crippen LogP contribution in [0.25, 0.3) is 0 Å². The number of rotatable bonds is 2. The average Bonchev–Trinajstić information content (AvgIpc) is 2.63. The molecule has 4 heteroatoms. The molecule has 0 bridgehead atoms. The van der Waals surface area contributed by atoms with Gasteiger partial charge < -0.3 is 15.3 Å². The fraction of sp³-hybridized carbons (Fsp3) is 0.500. The van der Waals surface area contributed by atoms with E-state index < -0.39 is 11.2 Å². The van der Waals surface area contributed by atoms with Gasteiger partial charge in [-0.3, -0.25) is 4.98 Å². The molecular weight excluding hydrogens is 326 g/mol. The van der Waals surface area contributed by atoms with Crippen LogP contribution >= 0.6 is 0 Å². The maximum atomic E-state index is 11.6. The first-order chi connectivity index (χ1) is 12.3. The molecule has 4 atom stereocenters. The molecule has 4 nitrogen and oxygen atoms in total. The van der Waals surface area contributed by atoms with Gasteiger partial charge in [0.25, 0.3) is 0 Å². The summed E-state index contributed by atoms with van der Waals surface area (Å²) in [6, 6.07) is 11.1. The average molecular weight is 353 g/mol. The molecule has 0 spiro atoms. The molecule has 2 aliphatic rings. The normalized spacial score (nSPS) is 36.2. The van der Waals surface area contributed by atoms with Crippen LogP contribution in [0.1, 0.15) is 56.4 Å². The van der Waals surface area contributed by atoms with E-state index in [4.69, 9.17) is 0 Å². The first-order valence-electron chi connectivity index (χ1n) is 9.51. The highest BCUT2D eigenvalue weighted by Crippen LogP contribution is 2.59. The number of fused-ring (bicyclic) bond motifs is 3. The lowest BCUT2D eigenvalue weighted by atomic mass is 9.49. The van der Waals surface area contributed by atoms with Gasteiger partial charge in [0.15, 0.2) is 0 Å². The van der Waals surface area contributed by atoms with E-state index in [1.54, 1.807) is 19.2 Å². The number of phenols is 1. The lowest BCUT2D eigenvalue weighted by Gasteiger charge is -2.58. The second-order valence-corrected chi connectivity index (χ2v) is 8.32. The Hall–Kier alpha value is -1.91. The number of hydrogen-bond acceptors (Lipinski definition) is 4. The Bertz CT molecular complexity index is 819. The van der Waals surface area contributed by atoms with Crippen LogP contribution in [0.2, 0.25) is 0 Å². The minimum Gasteiger partial charge on any atom is -0.508 e. The van der Waals surface area contributed by atoms with Crippen LogP contribution in [-0.2, 0) is 17.4 Å². The molecule has 0 radical (unpaired) electrons. The van der Waals surface area contributed by atoms with Crippen molar-refractivity contribution in [3.8, 4) is 5.75 Å². The molecular formula is C22H27NO3. The molecule has 1 aromatic heterocycles. The van der Waals surface area contributed by atoms with Crippen LogP contribution in [0.15, 0.2) is 42.6 Å². The minimum absolute atomic E-state index is 0.189. The standard InChI is InChI=1S/C22H27NO3/c1-3-21-14-20(2,25)22(26,19-6-4-5-11-23-19)13-16(21)8-7-15-12-17(24)9-10-18(15)21/h4-6,9-12,16,24-26H,3,7-8,13-14H2,1-2H3/t16-,20?,21?,22?/m1/s1. The van der Waals surface area contributed by atoms with E-state index in [0.717, 1.165) is 19.3 Å². The molecule has 4 rings (SSSR count). The summed E-state index contributed by atoms with van der Waals surface area (Å²) in [7, 11) is 0. The van der Waals surface area contributed by atoms with Crippen molar-refractivity contribution in [1.82, 2.24) is 4.98 Å². The largest absolute Gasteiger partial charge is 0.508 e. The van der Waals surface area contributed by atoms with Gasteiger partial charge in [0, 0.05) is 11.6 Å². The van der Waals surface area contributed by atoms with E-state index in [1.165, 1.54) is 11.1 Å². The van der Waals surface area contributed by atoms with Gasteiger partial charge in [-0.1, -0.05) is 19.1 Å². The third kappa shape index (κ3) is 2.32. The van der Waals surface area contributed by atoms with Gasteiger partial charge in [0.05, 0.1) is 11.3 Å². The minimum atomic E-state index is -1.36. The van der Waals surface area contributed by atoms with Crippen molar-refractivity contribution in [2.24, 2.45) is 5.92 Å². The number of hydrogen-bond donors (Lipinski definition) is 3. The SMILES string of the molecule is CCC12CC(C)(O)C(O)(c3ccccn3)C[C@H]1CCc1cc(O)ccc12. The Morgan fingerprint density at radius 3 is 2.69 bits per heavy atom. The highest BCUT2D eigenvalue weighted by atomic mass is 16.4. The Kier molecular flexibility index (Phi) is 3.90. The maximum absolute atomic E-state index is 11.6. The Labute approximate surface area is 154 Å². The molecule has 0 aliphatic heterocycles. The van der Waals surface area contributed by atoms with Gasteiger partial charge >= 0.3 is 0 Å². The number of aryl methyl sites for hydroxylation is 1. The fourth-order valence-corrected chi connectivity index (χ4v) is 5.56. The van der Waals surface area contributed by atoms with Crippen LogP contribution in [0, 0.1) is 5.92 Å². The summed E-state index contributed by atoms with van der Waals surface area (Å²) in [5.41, 5.74) is 0.101. The first-order valence-corrected chi connectivity index (χ1v) is 9.51. The Morgan fingerprint density at radius 2 is 2.00 bits per heavy atom. The smallest absolute Gasteiger partial charge is 0.135 e. The zero-order valence-corrected chi connectivity index (χ0v) is 15.4. The molecule has 0 amide bonds. The summed E-state index contributed by atoms with van der Waals surface area (Å²) in [4.78, 5) is 4.37. The summed E-state index contributed by atoms with van der Waals surface area (Å²) >= 11 is 0. The van der Waals surface area contributed by atoms with Crippen molar-refractivity contribution in [3.63, 3.8) is 0 Å². The zero-order valence-electron chi connectivity index (χ0n) is 15.4. The molecule has 0 saturated heterocycles. The van der Waals surface area contributed by atoms with E-state index in [1.807, 2.05) is 30.3 Å². The molecule has 26 heavy (non-hydrogen) atoms. The first kappa shape index (κ1) is 17.5. The van der Waals surface area contributed by atoms with Gasteiger partial charge in [-0.15, -0.1) is 0 Å². The Balaban J connectivity index is 1.83. The van der Waals surface area contributed by atoms with Crippen molar-refractivity contribution in [3.05, 3.63) is 59.4 Å². The lowest BCUT2D eigenvalue weighted by molar-refractivity contribution is -0.207. The predicted molar refractivity (Wildman–Crippen MR) is 99.9 cm³/mol. The number of benzene rings is 1. The lowest BCUT2D eigenvalue weighted by Crippen LogP contribution is -2.62. The molecule has 1 saturated carbocycles. The molecule has 1 fully saturated rings. The maximum Gasteiger partial charge on any atom is 0.135 e. The summed E-state index contributed by atoms with van der Waals surface area (Å²) < 4.78 is 0. The van der Waals surface area contributed by atoms with Crippen LogP contribution in [0.3, 0.4) is 0 Å². The summed E-state index contributed by atoms with van der Waals surface area (Å²) in [5.74, 6) is 0.554. The number of phenolic OH excluding ortho intramolecular Hbond substituents is 1. The third-order valence-corrected chi connectivity index (χ3v) is 6.98. The fourth-order valence-electron chi connectivity index (χ4n) is 5.56. The van der Waals surface area contributed by atoms with E-state index >= 15 is 0 Å². The molecule has 2 aliphatic carbocycles. The van der Waals surface area contributed by atoms with E-state index in [-0.39, 0.29) is 11.3 Å². The van der Waals surface area contributed by atoms with Crippen molar-refractivity contribution >= 4 is 0 Å². The number of aromatic hydroxyl groups is 1. The highest BCUT2D eigenvalue weighted by molar-refractivity contribution is 5.44. The van der Waals surface area contributed by atoms with E-state index in [0.29, 0.717) is 24.3 Å². The van der Waals surface area contributed by atoms with Crippen molar-refractivity contribution in [1.29, 1.82) is 0 Å².